The van der Waals surface area contributed by atoms with E-state index >= 15 is 0 Å². The van der Waals surface area contributed by atoms with Gasteiger partial charge >= 0.3 is 0 Å². The number of terminal acetylenes is 1. The van der Waals surface area contributed by atoms with Crippen molar-refractivity contribution in [1.29, 1.82) is 0 Å². The van der Waals surface area contributed by atoms with Crippen LogP contribution >= 0.6 is 0 Å². The molecule has 0 saturated heterocycles. The van der Waals surface area contributed by atoms with Gasteiger partial charge < -0.3 is 4.74 Å². The Morgan fingerprint density at radius 3 is 1.52 bits per heavy atom. The smallest absolute Gasteiger partial charge is 0.118 e. The van der Waals surface area contributed by atoms with Gasteiger partial charge in [-0.2, -0.15) is 0 Å². The lowest BCUT2D eigenvalue weighted by molar-refractivity contribution is 0.414. The van der Waals surface area contributed by atoms with Crippen LogP contribution in [0.25, 0.3) is 0 Å². The van der Waals surface area contributed by atoms with E-state index < -0.39 is 5.41 Å². The standard InChI is InChI=1S/C22H18O/c1-3-22(18-10-6-4-7-11-18,19-12-8-5-9-13-19)20-14-16-21(23-2)17-15-20/h1,4-17H,2H3. The molecule has 112 valence electrons. The first-order chi connectivity index (χ1) is 11.3. The Kier molecular flexibility index (Phi) is 4.17. The van der Waals surface area contributed by atoms with E-state index in [1.807, 2.05) is 60.7 Å². The highest BCUT2D eigenvalue weighted by Crippen LogP contribution is 2.39. The molecule has 0 radical (unpaired) electrons. The summed E-state index contributed by atoms with van der Waals surface area (Å²) in [7, 11) is 1.66. The molecule has 3 aromatic carbocycles. The zero-order valence-corrected chi connectivity index (χ0v) is 13.1. The van der Waals surface area contributed by atoms with Gasteiger partial charge in [0, 0.05) is 0 Å². The molecule has 0 spiro atoms. The number of benzene rings is 3. The van der Waals surface area contributed by atoms with E-state index in [0.717, 1.165) is 22.4 Å². The third-order valence-corrected chi connectivity index (χ3v) is 4.15. The molecule has 3 rings (SSSR count). The first kappa shape index (κ1) is 14.9. The minimum atomic E-state index is -0.616. The summed E-state index contributed by atoms with van der Waals surface area (Å²) in [4.78, 5) is 0. The van der Waals surface area contributed by atoms with Crippen molar-refractivity contribution >= 4 is 0 Å². The van der Waals surface area contributed by atoms with Crippen LogP contribution in [-0.2, 0) is 5.41 Å². The Morgan fingerprint density at radius 1 is 0.696 bits per heavy atom. The zero-order valence-electron chi connectivity index (χ0n) is 13.1. The van der Waals surface area contributed by atoms with Crippen LogP contribution in [0.4, 0.5) is 0 Å². The number of rotatable bonds is 4. The largest absolute Gasteiger partial charge is 0.497 e. The van der Waals surface area contributed by atoms with Crippen LogP contribution in [0.1, 0.15) is 16.7 Å². The molecule has 0 aromatic heterocycles. The molecule has 0 unspecified atom stereocenters. The molecule has 0 aliphatic rings. The molecular weight excluding hydrogens is 280 g/mol. The Morgan fingerprint density at radius 2 is 1.13 bits per heavy atom. The fraction of sp³-hybridized carbons (Fsp3) is 0.0909. The molecule has 0 N–H and O–H groups in total. The minimum absolute atomic E-state index is 0.616. The van der Waals surface area contributed by atoms with Gasteiger partial charge in [0.2, 0.25) is 0 Å². The van der Waals surface area contributed by atoms with Gasteiger partial charge in [0.15, 0.2) is 0 Å². The predicted molar refractivity (Wildman–Crippen MR) is 94.6 cm³/mol. The van der Waals surface area contributed by atoms with E-state index in [4.69, 9.17) is 11.2 Å². The van der Waals surface area contributed by atoms with Gasteiger partial charge in [-0.1, -0.05) is 78.7 Å². The van der Waals surface area contributed by atoms with Crippen molar-refractivity contribution in [1.82, 2.24) is 0 Å². The lowest BCUT2D eigenvalue weighted by Gasteiger charge is -2.30. The summed E-state index contributed by atoms with van der Waals surface area (Å²) in [5, 5.41) is 0. The number of ether oxygens (including phenoxy) is 1. The SMILES string of the molecule is C#CC(c1ccccc1)(c1ccccc1)c1ccc(OC)cc1. The topological polar surface area (TPSA) is 9.23 Å². The van der Waals surface area contributed by atoms with Gasteiger partial charge in [-0.05, 0) is 28.8 Å². The average molecular weight is 298 g/mol. The van der Waals surface area contributed by atoms with E-state index in [1.165, 1.54) is 0 Å². The van der Waals surface area contributed by atoms with Gasteiger partial charge in [-0.3, -0.25) is 0 Å². The summed E-state index contributed by atoms with van der Waals surface area (Å²) in [6, 6.07) is 28.4. The Labute approximate surface area is 137 Å². The van der Waals surface area contributed by atoms with Crippen molar-refractivity contribution in [3.8, 4) is 18.1 Å². The van der Waals surface area contributed by atoms with Gasteiger partial charge in [0.25, 0.3) is 0 Å². The second-order valence-corrected chi connectivity index (χ2v) is 5.35. The van der Waals surface area contributed by atoms with Crippen LogP contribution < -0.4 is 4.74 Å². The summed E-state index contributed by atoms with van der Waals surface area (Å²) < 4.78 is 5.28. The summed E-state index contributed by atoms with van der Waals surface area (Å²) in [6.07, 6.45) is 6.09. The lowest BCUT2D eigenvalue weighted by Crippen LogP contribution is -2.27. The van der Waals surface area contributed by atoms with Gasteiger partial charge in [0.05, 0.1) is 7.11 Å². The highest BCUT2D eigenvalue weighted by atomic mass is 16.5. The van der Waals surface area contributed by atoms with Crippen molar-refractivity contribution < 1.29 is 4.74 Å². The van der Waals surface area contributed by atoms with Gasteiger partial charge in [-0.25, -0.2) is 0 Å². The Bertz CT molecular complexity index is 757. The maximum Gasteiger partial charge on any atom is 0.118 e. The third-order valence-electron chi connectivity index (χ3n) is 4.15. The van der Waals surface area contributed by atoms with E-state index in [0.29, 0.717) is 0 Å². The molecular formula is C22H18O. The first-order valence-electron chi connectivity index (χ1n) is 7.54. The molecule has 0 aliphatic heterocycles. The first-order valence-corrected chi connectivity index (χ1v) is 7.54. The summed E-state index contributed by atoms with van der Waals surface area (Å²) in [6.45, 7) is 0. The fourth-order valence-electron chi connectivity index (χ4n) is 2.97. The van der Waals surface area contributed by atoms with Crippen molar-refractivity contribution in [3.05, 3.63) is 102 Å². The molecule has 1 nitrogen and oxygen atoms in total. The van der Waals surface area contributed by atoms with E-state index in [2.05, 4.69) is 30.2 Å². The van der Waals surface area contributed by atoms with Crippen LogP contribution in [0, 0.1) is 12.3 Å². The molecule has 0 atom stereocenters. The monoisotopic (exact) mass is 298 g/mol. The average Bonchev–Trinajstić information content (AvgIpc) is 2.65. The van der Waals surface area contributed by atoms with E-state index in [-0.39, 0.29) is 0 Å². The predicted octanol–water partition coefficient (Wildman–Crippen LogP) is 4.66. The van der Waals surface area contributed by atoms with Crippen molar-refractivity contribution in [3.63, 3.8) is 0 Å². The Balaban J connectivity index is 2.27. The normalized spacial score (nSPS) is 10.8. The zero-order chi connectivity index (χ0) is 16.1. The molecule has 0 fully saturated rings. The van der Waals surface area contributed by atoms with Crippen molar-refractivity contribution in [2.45, 2.75) is 5.41 Å². The lowest BCUT2D eigenvalue weighted by atomic mass is 9.70. The molecule has 0 heterocycles. The van der Waals surface area contributed by atoms with E-state index in [9.17, 15) is 0 Å². The molecule has 0 aliphatic carbocycles. The minimum Gasteiger partial charge on any atom is -0.497 e. The number of hydrogen-bond acceptors (Lipinski definition) is 1. The van der Waals surface area contributed by atoms with Crippen LogP contribution in [-0.4, -0.2) is 7.11 Å². The summed E-state index contributed by atoms with van der Waals surface area (Å²) >= 11 is 0. The fourth-order valence-corrected chi connectivity index (χ4v) is 2.97. The van der Waals surface area contributed by atoms with Crippen LogP contribution in [0.15, 0.2) is 84.9 Å². The van der Waals surface area contributed by atoms with Crippen molar-refractivity contribution in [2.24, 2.45) is 0 Å². The Hall–Kier alpha value is -2.98. The quantitative estimate of drug-likeness (QED) is 0.503. The maximum absolute atomic E-state index is 6.09. The number of hydrogen-bond donors (Lipinski definition) is 0. The second kappa shape index (κ2) is 6.42. The molecule has 0 amide bonds. The molecule has 3 aromatic rings. The second-order valence-electron chi connectivity index (χ2n) is 5.35. The summed E-state index contributed by atoms with van der Waals surface area (Å²) in [5.41, 5.74) is 2.60. The number of methoxy groups -OCH3 is 1. The third kappa shape index (κ3) is 2.60. The molecule has 0 bridgehead atoms. The molecule has 1 heteroatoms. The summed E-state index contributed by atoms with van der Waals surface area (Å²) in [5.74, 6) is 3.88. The molecule has 23 heavy (non-hydrogen) atoms. The van der Waals surface area contributed by atoms with Gasteiger partial charge in [0.1, 0.15) is 11.2 Å². The van der Waals surface area contributed by atoms with Crippen LogP contribution in [0.3, 0.4) is 0 Å². The van der Waals surface area contributed by atoms with Crippen molar-refractivity contribution in [2.75, 3.05) is 7.11 Å². The van der Waals surface area contributed by atoms with Crippen LogP contribution in [0.5, 0.6) is 5.75 Å². The van der Waals surface area contributed by atoms with Gasteiger partial charge in [-0.15, -0.1) is 6.42 Å². The highest BCUT2D eigenvalue weighted by Gasteiger charge is 2.34. The maximum atomic E-state index is 6.09. The molecule has 0 saturated carbocycles. The highest BCUT2D eigenvalue weighted by molar-refractivity contribution is 5.58. The van der Waals surface area contributed by atoms with Crippen LogP contribution in [0.2, 0.25) is 0 Å². The van der Waals surface area contributed by atoms with E-state index in [1.54, 1.807) is 7.11 Å².